The Labute approximate surface area is 95.0 Å². The van der Waals surface area contributed by atoms with Gasteiger partial charge in [-0.1, -0.05) is 20.3 Å². The topological polar surface area (TPSA) is 98.7 Å². The predicted molar refractivity (Wildman–Crippen MR) is 59.1 cm³/mol. The molecule has 0 aliphatic heterocycles. The first-order chi connectivity index (χ1) is 7.38. The Hall–Kier alpha value is -1.30. The first kappa shape index (κ1) is 14.7. The minimum atomic E-state index is -1.28. The third-order valence-corrected chi connectivity index (χ3v) is 2.34. The molecule has 3 atom stereocenters. The highest BCUT2D eigenvalue weighted by Gasteiger charge is 2.24. The highest BCUT2D eigenvalue weighted by atomic mass is 16.4. The third kappa shape index (κ3) is 5.55. The fourth-order valence-electron chi connectivity index (χ4n) is 0.992. The Kier molecular flexibility index (Phi) is 6.48. The second-order valence-corrected chi connectivity index (χ2v) is 3.92. The SMILES string of the molecule is CCC(C)CNC(=O)N[C@H](C(=O)O)[C@@H](C)O. The van der Waals surface area contributed by atoms with Crippen LogP contribution in [0.5, 0.6) is 0 Å². The summed E-state index contributed by atoms with van der Waals surface area (Å²) in [6, 6.07) is -1.86. The molecule has 0 rings (SSSR count). The number of aliphatic hydroxyl groups is 1. The van der Waals surface area contributed by atoms with Gasteiger partial charge in [0.1, 0.15) is 0 Å². The fourth-order valence-corrected chi connectivity index (χ4v) is 0.992. The van der Waals surface area contributed by atoms with Crippen molar-refractivity contribution in [1.82, 2.24) is 10.6 Å². The van der Waals surface area contributed by atoms with Crippen molar-refractivity contribution in [1.29, 1.82) is 0 Å². The van der Waals surface area contributed by atoms with E-state index >= 15 is 0 Å². The summed E-state index contributed by atoms with van der Waals surface area (Å²) in [5, 5.41) is 22.6. The minimum absolute atomic E-state index is 0.334. The number of carboxylic acid groups (broad SMARTS) is 1. The van der Waals surface area contributed by atoms with Gasteiger partial charge in [0.2, 0.25) is 0 Å². The number of carbonyl (C=O) groups is 2. The number of hydrogen-bond donors (Lipinski definition) is 4. The average molecular weight is 232 g/mol. The fraction of sp³-hybridized carbons (Fsp3) is 0.800. The molecule has 0 saturated carbocycles. The van der Waals surface area contributed by atoms with Crippen LogP contribution in [0.1, 0.15) is 27.2 Å². The maximum atomic E-state index is 11.3. The van der Waals surface area contributed by atoms with Crippen molar-refractivity contribution in [3.8, 4) is 0 Å². The first-order valence-electron chi connectivity index (χ1n) is 5.33. The molecule has 0 heterocycles. The van der Waals surface area contributed by atoms with Gasteiger partial charge < -0.3 is 20.8 Å². The van der Waals surface area contributed by atoms with Crippen LogP contribution in [0.4, 0.5) is 4.79 Å². The second-order valence-electron chi connectivity index (χ2n) is 3.92. The molecule has 0 aromatic carbocycles. The number of aliphatic hydroxyl groups excluding tert-OH is 1. The normalized spacial score (nSPS) is 16.0. The first-order valence-corrected chi connectivity index (χ1v) is 5.33. The van der Waals surface area contributed by atoms with E-state index in [4.69, 9.17) is 10.2 Å². The third-order valence-electron chi connectivity index (χ3n) is 2.34. The van der Waals surface area contributed by atoms with E-state index in [2.05, 4.69) is 10.6 Å². The van der Waals surface area contributed by atoms with E-state index in [1.54, 1.807) is 0 Å². The van der Waals surface area contributed by atoms with Gasteiger partial charge in [0.05, 0.1) is 6.10 Å². The largest absolute Gasteiger partial charge is 0.480 e. The van der Waals surface area contributed by atoms with Crippen molar-refractivity contribution in [2.75, 3.05) is 6.54 Å². The molecule has 0 aromatic rings. The standard InChI is InChI=1S/C10H20N2O4/c1-4-6(2)5-11-10(16)12-8(7(3)13)9(14)15/h6-8,13H,4-5H2,1-3H3,(H,14,15)(H2,11,12,16)/t6?,7-,8+/m1/s1. The van der Waals surface area contributed by atoms with Crippen LogP contribution in [0.3, 0.4) is 0 Å². The molecule has 4 N–H and O–H groups in total. The van der Waals surface area contributed by atoms with Gasteiger partial charge in [-0.15, -0.1) is 0 Å². The van der Waals surface area contributed by atoms with Crippen LogP contribution >= 0.6 is 0 Å². The predicted octanol–water partition coefficient (Wildman–Crippen LogP) is 0.166. The number of rotatable bonds is 6. The number of nitrogens with one attached hydrogen (secondary N) is 2. The summed E-state index contributed by atoms with van der Waals surface area (Å²) in [6.45, 7) is 5.77. The Balaban J connectivity index is 4.06. The molecule has 6 nitrogen and oxygen atoms in total. The Morgan fingerprint density at radius 2 is 1.88 bits per heavy atom. The number of carbonyl (C=O) groups excluding carboxylic acids is 1. The van der Waals surface area contributed by atoms with Gasteiger partial charge in [-0.3, -0.25) is 0 Å². The van der Waals surface area contributed by atoms with Crippen molar-refractivity contribution in [3.05, 3.63) is 0 Å². The van der Waals surface area contributed by atoms with Crippen molar-refractivity contribution in [3.63, 3.8) is 0 Å². The zero-order valence-electron chi connectivity index (χ0n) is 9.86. The van der Waals surface area contributed by atoms with Gasteiger partial charge >= 0.3 is 12.0 Å². The van der Waals surface area contributed by atoms with Crippen molar-refractivity contribution in [2.24, 2.45) is 5.92 Å². The Morgan fingerprint density at radius 3 is 2.25 bits per heavy atom. The summed E-state index contributed by atoms with van der Waals surface area (Å²) < 4.78 is 0. The molecule has 0 radical (unpaired) electrons. The van der Waals surface area contributed by atoms with E-state index in [1.807, 2.05) is 13.8 Å². The minimum Gasteiger partial charge on any atom is -0.480 e. The number of urea groups is 1. The lowest BCUT2D eigenvalue weighted by atomic mass is 10.1. The van der Waals surface area contributed by atoms with E-state index in [0.717, 1.165) is 6.42 Å². The maximum Gasteiger partial charge on any atom is 0.328 e. The zero-order valence-corrected chi connectivity index (χ0v) is 9.86. The van der Waals surface area contributed by atoms with E-state index in [-0.39, 0.29) is 0 Å². The lowest BCUT2D eigenvalue weighted by Crippen LogP contribution is -2.51. The molecule has 0 fully saturated rings. The van der Waals surface area contributed by atoms with Crippen LogP contribution in [0.25, 0.3) is 0 Å². The molecule has 6 heteroatoms. The van der Waals surface area contributed by atoms with Gasteiger partial charge in [-0.25, -0.2) is 9.59 Å². The zero-order chi connectivity index (χ0) is 12.7. The number of hydrogen-bond acceptors (Lipinski definition) is 3. The van der Waals surface area contributed by atoms with Crippen LogP contribution in [-0.2, 0) is 4.79 Å². The monoisotopic (exact) mass is 232 g/mol. The lowest BCUT2D eigenvalue weighted by Gasteiger charge is -2.18. The van der Waals surface area contributed by atoms with Crippen molar-refractivity contribution in [2.45, 2.75) is 39.3 Å². The van der Waals surface area contributed by atoms with Crippen LogP contribution in [0.2, 0.25) is 0 Å². The van der Waals surface area contributed by atoms with Gasteiger partial charge in [-0.05, 0) is 12.8 Å². The Morgan fingerprint density at radius 1 is 1.31 bits per heavy atom. The molecular weight excluding hydrogens is 212 g/mol. The smallest absolute Gasteiger partial charge is 0.328 e. The Bertz CT molecular complexity index is 243. The molecule has 0 aromatic heterocycles. The van der Waals surface area contributed by atoms with Gasteiger partial charge in [0.15, 0.2) is 6.04 Å². The molecule has 1 unspecified atom stereocenters. The molecule has 0 saturated heterocycles. The summed E-state index contributed by atoms with van der Waals surface area (Å²) in [5.41, 5.74) is 0. The molecule has 94 valence electrons. The molecule has 0 aliphatic carbocycles. The van der Waals surface area contributed by atoms with Gasteiger partial charge in [0, 0.05) is 6.54 Å². The van der Waals surface area contributed by atoms with Gasteiger partial charge in [0.25, 0.3) is 0 Å². The van der Waals surface area contributed by atoms with Crippen LogP contribution < -0.4 is 10.6 Å². The molecule has 0 bridgehead atoms. The molecule has 0 spiro atoms. The second kappa shape index (κ2) is 7.05. The lowest BCUT2D eigenvalue weighted by molar-refractivity contribution is -0.141. The van der Waals surface area contributed by atoms with E-state index in [9.17, 15) is 9.59 Å². The van der Waals surface area contributed by atoms with E-state index in [1.165, 1.54) is 6.92 Å². The summed E-state index contributed by atoms with van der Waals surface area (Å²) in [5.74, 6) is -0.922. The number of carboxylic acids is 1. The maximum absolute atomic E-state index is 11.3. The molecular formula is C10H20N2O4. The van der Waals surface area contributed by atoms with Crippen LogP contribution in [0.15, 0.2) is 0 Å². The molecule has 16 heavy (non-hydrogen) atoms. The molecule has 0 aliphatic rings. The summed E-state index contributed by atoms with van der Waals surface area (Å²) in [6.07, 6.45) is -0.203. The number of amides is 2. The average Bonchev–Trinajstić information content (AvgIpc) is 2.21. The highest BCUT2D eigenvalue weighted by molar-refractivity contribution is 5.82. The van der Waals surface area contributed by atoms with Crippen LogP contribution in [0, 0.1) is 5.92 Å². The van der Waals surface area contributed by atoms with E-state index in [0.29, 0.717) is 12.5 Å². The quantitative estimate of drug-likeness (QED) is 0.524. The van der Waals surface area contributed by atoms with Crippen LogP contribution in [-0.4, -0.2) is 40.9 Å². The number of aliphatic carboxylic acids is 1. The van der Waals surface area contributed by atoms with Gasteiger partial charge in [-0.2, -0.15) is 0 Å². The molecule has 2 amide bonds. The van der Waals surface area contributed by atoms with Crippen molar-refractivity contribution >= 4 is 12.0 Å². The van der Waals surface area contributed by atoms with Crippen molar-refractivity contribution < 1.29 is 19.8 Å². The summed E-state index contributed by atoms with van der Waals surface area (Å²) in [7, 11) is 0. The summed E-state index contributed by atoms with van der Waals surface area (Å²) >= 11 is 0. The highest BCUT2D eigenvalue weighted by Crippen LogP contribution is 1.97. The summed E-state index contributed by atoms with van der Waals surface area (Å²) in [4.78, 5) is 22.0. The van der Waals surface area contributed by atoms with E-state index < -0.39 is 24.1 Å².